The molecule has 0 aliphatic carbocycles. The number of nitrogens with one attached hydrogen (secondary N) is 1. The minimum atomic E-state index is -0.567. The van der Waals surface area contributed by atoms with Gasteiger partial charge in [-0.2, -0.15) is 4.89 Å². The second-order valence-corrected chi connectivity index (χ2v) is 4.35. The molecule has 106 valence electrons. The zero-order valence-electron chi connectivity index (χ0n) is 10.8. The molecule has 0 bridgehead atoms. The third kappa shape index (κ3) is 4.07. The van der Waals surface area contributed by atoms with Gasteiger partial charge in [0.1, 0.15) is 18.5 Å². The molecule has 1 unspecified atom stereocenters. The van der Waals surface area contributed by atoms with E-state index < -0.39 is 6.10 Å². The van der Waals surface area contributed by atoms with Crippen molar-refractivity contribution in [1.29, 1.82) is 0 Å². The highest BCUT2D eigenvalue weighted by Gasteiger charge is 2.17. The summed E-state index contributed by atoms with van der Waals surface area (Å²) < 4.78 is 5.64. The first kappa shape index (κ1) is 14.1. The Morgan fingerprint density at radius 3 is 3.21 bits per heavy atom. The number of nitrogens with two attached hydrogens (primary N) is 1. The van der Waals surface area contributed by atoms with Gasteiger partial charge in [0.15, 0.2) is 5.75 Å². The summed E-state index contributed by atoms with van der Waals surface area (Å²) in [5, 5.41) is 12.8. The van der Waals surface area contributed by atoms with Gasteiger partial charge < -0.3 is 25.8 Å². The molecule has 1 aromatic carbocycles. The van der Waals surface area contributed by atoms with Crippen LogP contribution in [0.5, 0.6) is 11.5 Å². The molecule has 0 spiro atoms. The van der Waals surface area contributed by atoms with Crippen molar-refractivity contribution in [2.75, 3.05) is 32.8 Å². The zero-order valence-corrected chi connectivity index (χ0v) is 10.8. The van der Waals surface area contributed by atoms with Crippen LogP contribution >= 0.6 is 0 Å². The molecular weight excluding hydrogens is 248 g/mol. The number of aliphatic hydroxyl groups excluding tert-OH is 1. The van der Waals surface area contributed by atoms with Gasteiger partial charge >= 0.3 is 0 Å². The summed E-state index contributed by atoms with van der Waals surface area (Å²) >= 11 is 0. The number of hydrogen-bond donors (Lipinski definition) is 3. The van der Waals surface area contributed by atoms with Gasteiger partial charge in [0.2, 0.25) is 0 Å². The summed E-state index contributed by atoms with van der Waals surface area (Å²) in [4.78, 5) is 10.00. The minimum absolute atomic E-state index is 0.231. The molecule has 1 atom stereocenters. The van der Waals surface area contributed by atoms with Crippen LogP contribution in [0.3, 0.4) is 0 Å². The quantitative estimate of drug-likeness (QED) is 0.471. The van der Waals surface area contributed by atoms with Gasteiger partial charge in [-0.15, -0.1) is 0 Å². The van der Waals surface area contributed by atoms with Crippen molar-refractivity contribution in [2.24, 2.45) is 5.73 Å². The van der Waals surface area contributed by atoms with E-state index in [2.05, 4.69) is 5.32 Å². The van der Waals surface area contributed by atoms with Crippen LogP contribution in [0.1, 0.15) is 5.56 Å². The first-order chi connectivity index (χ1) is 9.31. The molecule has 2 rings (SSSR count). The molecule has 1 aromatic rings. The van der Waals surface area contributed by atoms with Crippen LogP contribution in [-0.2, 0) is 11.3 Å². The molecule has 0 radical (unpaired) electrons. The number of benzene rings is 1. The molecule has 0 saturated carbocycles. The van der Waals surface area contributed by atoms with Gasteiger partial charge in [-0.25, -0.2) is 0 Å². The Morgan fingerprint density at radius 2 is 2.37 bits per heavy atom. The van der Waals surface area contributed by atoms with Crippen LogP contribution < -0.4 is 20.7 Å². The monoisotopic (exact) mass is 268 g/mol. The summed E-state index contributed by atoms with van der Waals surface area (Å²) in [7, 11) is 0. The summed E-state index contributed by atoms with van der Waals surface area (Å²) in [5.74, 6) is 1.41. The Labute approximate surface area is 112 Å². The predicted molar refractivity (Wildman–Crippen MR) is 70.2 cm³/mol. The summed E-state index contributed by atoms with van der Waals surface area (Å²) in [5.41, 5.74) is 6.34. The number of rotatable bonds is 7. The highest BCUT2D eigenvalue weighted by molar-refractivity contribution is 5.45. The summed E-state index contributed by atoms with van der Waals surface area (Å²) in [6.45, 7) is 2.44. The van der Waals surface area contributed by atoms with E-state index in [0.717, 1.165) is 17.7 Å². The van der Waals surface area contributed by atoms with E-state index in [9.17, 15) is 5.11 Å². The van der Waals surface area contributed by atoms with Gasteiger partial charge in [-0.3, -0.25) is 0 Å². The SMILES string of the molecule is NCCNCC(O)COc1cccc2c1CCOO2. The molecule has 0 amide bonds. The Balaban J connectivity index is 1.85. The van der Waals surface area contributed by atoms with E-state index >= 15 is 0 Å². The van der Waals surface area contributed by atoms with E-state index in [1.54, 1.807) is 0 Å². The van der Waals surface area contributed by atoms with Crippen molar-refractivity contribution in [3.8, 4) is 11.5 Å². The van der Waals surface area contributed by atoms with Crippen molar-refractivity contribution < 1.29 is 19.6 Å². The second kappa shape index (κ2) is 7.30. The molecule has 0 saturated heterocycles. The molecule has 4 N–H and O–H groups in total. The van der Waals surface area contributed by atoms with Crippen LogP contribution in [0.25, 0.3) is 0 Å². The molecule has 1 aliphatic rings. The fourth-order valence-corrected chi connectivity index (χ4v) is 1.87. The van der Waals surface area contributed by atoms with E-state index in [1.807, 2.05) is 18.2 Å². The third-order valence-electron chi connectivity index (χ3n) is 2.81. The van der Waals surface area contributed by atoms with Gasteiger partial charge in [0, 0.05) is 31.6 Å². The lowest BCUT2D eigenvalue weighted by Gasteiger charge is -2.20. The highest BCUT2D eigenvalue weighted by Crippen LogP contribution is 2.31. The Bertz CT molecular complexity index is 400. The Hall–Kier alpha value is -1.34. The topological polar surface area (TPSA) is 86.0 Å². The maximum atomic E-state index is 9.76. The maximum absolute atomic E-state index is 9.76. The van der Waals surface area contributed by atoms with Crippen LogP contribution in [0.4, 0.5) is 0 Å². The van der Waals surface area contributed by atoms with Crippen molar-refractivity contribution in [2.45, 2.75) is 12.5 Å². The van der Waals surface area contributed by atoms with Crippen molar-refractivity contribution >= 4 is 0 Å². The van der Waals surface area contributed by atoms with Crippen LogP contribution in [0, 0.1) is 0 Å². The molecule has 1 heterocycles. The van der Waals surface area contributed by atoms with Crippen LogP contribution in [0.2, 0.25) is 0 Å². The number of aliphatic hydroxyl groups is 1. The lowest BCUT2D eigenvalue weighted by molar-refractivity contribution is -0.215. The Morgan fingerprint density at radius 1 is 1.47 bits per heavy atom. The fourth-order valence-electron chi connectivity index (χ4n) is 1.87. The third-order valence-corrected chi connectivity index (χ3v) is 2.81. The average Bonchev–Trinajstić information content (AvgIpc) is 2.45. The minimum Gasteiger partial charge on any atom is -0.490 e. The molecule has 19 heavy (non-hydrogen) atoms. The second-order valence-electron chi connectivity index (χ2n) is 4.35. The zero-order chi connectivity index (χ0) is 13.5. The summed E-state index contributed by atoms with van der Waals surface area (Å²) in [6, 6.07) is 5.54. The van der Waals surface area contributed by atoms with Crippen molar-refractivity contribution in [3.05, 3.63) is 23.8 Å². The van der Waals surface area contributed by atoms with Gasteiger partial charge in [0.05, 0.1) is 6.61 Å². The lowest BCUT2D eigenvalue weighted by Crippen LogP contribution is -2.34. The molecule has 1 aliphatic heterocycles. The number of hydrogen-bond acceptors (Lipinski definition) is 6. The summed E-state index contributed by atoms with van der Waals surface area (Å²) in [6.07, 6.45) is 0.177. The van der Waals surface area contributed by atoms with E-state index in [4.69, 9.17) is 20.2 Å². The maximum Gasteiger partial charge on any atom is 0.172 e. The first-order valence-corrected chi connectivity index (χ1v) is 6.44. The van der Waals surface area contributed by atoms with E-state index in [0.29, 0.717) is 32.0 Å². The lowest BCUT2D eigenvalue weighted by atomic mass is 10.1. The van der Waals surface area contributed by atoms with Crippen LogP contribution in [0.15, 0.2) is 18.2 Å². The Kier molecular flexibility index (Phi) is 5.41. The standard InChI is InChI=1S/C13H20N2O4/c14-5-6-15-8-10(16)9-17-12-2-1-3-13-11(12)4-7-18-19-13/h1-3,10,15-16H,4-9,14H2. The number of ether oxygens (including phenoxy) is 1. The van der Waals surface area contributed by atoms with E-state index in [-0.39, 0.29) is 6.61 Å². The van der Waals surface area contributed by atoms with Gasteiger partial charge in [-0.05, 0) is 12.1 Å². The van der Waals surface area contributed by atoms with Crippen molar-refractivity contribution in [1.82, 2.24) is 5.32 Å². The molecule has 0 fully saturated rings. The molecular formula is C13H20N2O4. The first-order valence-electron chi connectivity index (χ1n) is 6.44. The van der Waals surface area contributed by atoms with E-state index in [1.165, 1.54) is 0 Å². The smallest absolute Gasteiger partial charge is 0.172 e. The molecule has 6 nitrogen and oxygen atoms in total. The van der Waals surface area contributed by atoms with Gasteiger partial charge in [-0.1, -0.05) is 6.07 Å². The molecule has 0 aromatic heterocycles. The van der Waals surface area contributed by atoms with Crippen molar-refractivity contribution in [3.63, 3.8) is 0 Å². The van der Waals surface area contributed by atoms with Crippen LogP contribution in [-0.4, -0.2) is 44.1 Å². The normalized spacial score (nSPS) is 15.5. The molecule has 6 heteroatoms. The fraction of sp³-hybridized carbons (Fsp3) is 0.538. The number of fused-ring (bicyclic) bond motifs is 1. The van der Waals surface area contributed by atoms with Gasteiger partial charge in [0.25, 0.3) is 0 Å². The highest BCUT2D eigenvalue weighted by atomic mass is 17.2. The average molecular weight is 268 g/mol. The predicted octanol–water partition coefficient (Wildman–Crippen LogP) is -0.159. The largest absolute Gasteiger partial charge is 0.490 e.